The minimum atomic E-state index is -3.33. The van der Waals surface area contributed by atoms with Crippen LogP contribution in [-0.4, -0.2) is 19.9 Å². The minimum absolute atomic E-state index is 0.192. The molecule has 1 aliphatic heterocycles. The van der Waals surface area contributed by atoms with Gasteiger partial charge in [0.15, 0.2) is 17.9 Å². The van der Waals surface area contributed by atoms with Crippen LogP contribution in [0, 0.1) is 16.4 Å². The maximum absolute atomic E-state index is 13.6. The standard InChI is InChI=1S/C26H26F2N4O2S/c1-32-15-24-21(25(32)26(33)30-19-9-11-22(27)23(28)14-19)10-8-20(31-35(24,29)34)13-16-6-7-17-4-2-3-5-18(17)12-16/h2-7,9,11-12,14-15,20,26,30,33H,8,10,13H2,1H3,(H2,29,31,34)/t20-,26?,35?/m1/s1. The summed E-state index contributed by atoms with van der Waals surface area (Å²) in [5.41, 5.74) is 2.36. The highest BCUT2D eigenvalue weighted by Crippen LogP contribution is 2.32. The summed E-state index contributed by atoms with van der Waals surface area (Å²) in [6.45, 7) is 0. The molecule has 9 heteroatoms. The van der Waals surface area contributed by atoms with Gasteiger partial charge in [0.05, 0.1) is 10.6 Å². The fourth-order valence-corrected chi connectivity index (χ4v) is 6.46. The van der Waals surface area contributed by atoms with Gasteiger partial charge in [-0.15, -0.1) is 0 Å². The Morgan fingerprint density at radius 3 is 2.69 bits per heavy atom. The number of aromatic nitrogens is 1. The van der Waals surface area contributed by atoms with Gasteiger partial charge in [0.25, 0.3) is 0 Å². The van der Waals surface area contributed by atoms with Gasteiger partial charge < -0.3 is 15.0 Å². The first kappa shape index (κ1) is 23.5. The first-order valence-electron chi connectivity index (χ1n) is 11.3. The van der Waals surface area contributed by atoms with E-state index in [0.717, 1.165) is 28.5 Å². The first-order valence-corrected chi connectivity index (χ1v) is 12.9. The molecule has 35 heavy (non-hydrogen) atoms. The Morgan fingerprint density at radius 1 is 1.14 bits per heavy atom. The van der Waals surface area contributed by atoms with Crippen LogP contribution >= 0.6 is 0 Å². The molecule has 0 bridgehead atoms. The van der Waals surface area contributed by atoms with Gasteiger partial charge in [-0.2, -0.15) is 0 Å². The molecule has 4 N–H and O–H groups in total. The molecule has 3 atom stereocenters. The maximum atomic E-state index is 13.6. The number of aliphatic hydroxyl groups is 1. The highest BCUT2D eigenvalue weighted by atomic mass is 32.2. The molecule has 0 aliphatic carbocycles. The lowest BCUT2D eigenvalue weighted by atomic mass is 9.98. The van der Waals surface area contributed by atoms with E-state index < -0.39 is 27.8 Å². The summed E-state index contributed by atoms with van der Waals surface area (Å²) in [7, 11) is -1.63. The largest absolute Gasteiger partial charge is 0.368 e. The summed E-state index contributed by atoms with van der Waals surface area (Å²) in [5.74, 6) is -2.00. The van der Waals surface area contributed by atoms with Crippen molar-refractivity contribution in [2.24, 2.45) is 7.05 Å². The van der Waals surface area contributed by atoms with E-state index in [1.54, 1.807) is 17.8 Å². The van der Waals surface area contributed by atoms with Crippen molar-refractivity contribution >= 4 is 26.4 Å². The topological polar surface area (TPSA) is 90.1 Å². The third kappa shape index (κ3) is 4.67. The van der Waals surface area contributed by atoms with E-state index in [4.69, 9.17) is 4.78 Å². The van der Waals surface area contributed by atoms with Crippen LogP contribution in [0.25, 0.3) is 10.8 Å². The molecule has 3 aromatic carbocycles. The third-order valence-corrected chi connectivity index (χ3v) is 8.10. The number of fused-ring (bicyclic) bond motifs is 2. The third-order valence-electron chi connectivity index (χ3n) is 6.46. The molecule has 2 unspecified atom stereocenters. The lowest BCUT2D eigenvalue weighted by molar-refractivity contribution is 0.198. The number of anilines is 1. The monoisotopic (exact) mass is 496 g/mol. The molecule has 4 aromatic rings. The van der Waals surface area contributed by atoms with Gasteiger partial charge >= 0.3 is 0 Å². The number of aliphatic hydroxyl groups excluding tert-OH is 1. The zero-order chi connectivity index (χ0) is 24.7. The molecule has 1 aromatic heterocycles. The molecule has 0 amide bonds. The Hall–Kier alpha value is -3.27. The van der Waals surface area contributed by atoms with Gasteiger partial charge in [0, 0.05) is 31.0 Å². The van der Waals surface area contributed by atoms with E-state index in [0.29, 0.717) is 35.4 Å². The zero-order valence-electron chi connectivity index (χ0n) is 19.1. The van der Waals surface area contributed by atoms with E-state index in [9.17, 15) is 18.1 Å². The lowest BCUT2D eigenvalue weighted by Crippen LogP contribution is -2.34. The number of halogens is 2. The quantitative estimate of drug-likeness (QED) is 0.292. The van der Waals surface area contributed by atoms with Crippen LogP contribution in [0.1, 0.15) is 29.5 Å². The normalized spacial score (nSPS) is 20.9. The maximum Gasteiger partial charge on any atom is 0.166 e. The molecule has 0 saturated heterocycles. The lowest BCUT2D eigenvalue weighted by Gasteiger charge is -2.19. The minimum Gasteiger partial charge on any atom is -0.368 e. The highest BCUT2D eigenvalue weighted by Gasteiger charge is 2.31. The van der Waals surface area contributed by atoms with Crippen LogP contribution in [-0.2, 0) is 29.8 Å². The average Bonchev–Trinajstić information content (AvgIpc) is 3.11. The first-order chi connectivity index (χ1) is 16.7. The second-order valence-corrected chi connectivity index (χ2v) is 10.7. The molecule has 182 valence electrons. The second kappa shape index (κ2) is 9.07. The Labute approximate surface area is 202 Å². The molecule has 0 fully saturated rings. The number of hydrogen-bond donors (Lipinski definition) is 4. The highest BCUT2D eigenvalue weighted by molar-refractivity contribution is 7.90. The Kier molecular flexibility index (Phi) is 6.08. The van der Waals surface area contributed by atoms with Crippen LogP contribution in [0.4, 0.5) is 14.5 Å². The van der Waals surface area contributed by atoms with Crippen molar-refractivity contribution in [1.29, 1.82) is 4.78 Å². The van der Waals surface area contributed by atoms with E-state index in [1.807, 2.05) is 12.1 Å². The van der Waals surface area contributed by atoms with E-state index in [1.165, 1.54) is 6.07 Å². The van der Waals surface area contributed by atoms with Crippen molar-refractivity contribution in [2.75, 3.05) is 5.32 Å². The molecule has 5 rings (SSSR count). The van der Waals surface area contributed by atoms with Crippen molar-refractivity contribution in [2.45, 2.75) is 36.4 Å². The zero-order valence-corrected chi connectivity index (χ0v) is 19.9. The summed E-state index contributed by atoms with van der Waals surface area (Å²) < 4.78 is 53.6. The number of nitrogens with one attached hydrogen (secondary N) is 3. The predicted octanol–water partition coefficient (Wildman–Crippen LogP) is 5.03. The predicted molar refractivity (Wildman–Crippen MR) is 132 cm³/mol. The Balaban J connectivity index is 1.40. The number of rotatable bonds is 5. The summed E-state index contributed by atoms with van der Waals surface area (Å²) >= 11 is 0. The Bertz CT molecular complexity index is 1520. The van der Waals surface area contributed by atoms with Crippen molar-refractivity contribution < 1.29 is 18.1 Å². The van der Waals surface area contributed by atoms with E-state index in [-0.39, 0.29) is 11.7 Å². The van der Waals surface area contributed by atoms with Crippen molar-refractivity contribution in [3.05, 3.63) is 95.3 Å². The molecule has 0 radical (unpaired) electrons. The molecule has 1 aliphatic rings. The number of nitrogens with zero attached hydrogens (tertiary/aromatic N) is 1. The van der Waals surface area contributed by atoms with Gasteiger partial charge in [0.2, 0.25) is 0 Å². The molecular formula is C26H26F2N4O2S. The molecule has 6 nitrogen and oxygen atoms in total. The van der Waals surface area contributed by atoms with Crippen LogP contribution in [0.15, 0.2) is 71.8 Å². The summed E-state index contributed by atoms with van der Waals surface area (Å²) in [6.07, 6.45) is 2.07. The van der Waals surface area contributed by atoms with Crippen LogP contribution in [0.3, 0.4) is 0 Å². The van der Waals surface area contributed by atoms with Crippen molar-refractivity contribution in [3.8, 4) is 0 Å². The number of hydrogen-bond acceptors (Lipinski definition) is 4. The number of benzene rings is 3. The van der Waals surface area contributed by atoms with Gasteiger partial charge in [-0.25, -0.2) is 22.5 Å². The molecule has 0 saturated carbocycles. The van der Waals surface area contributed by atoms with Crippen LogP contribution in [0.2, 0.25) is 0 Å². The molecule has 0 spiro atoms. The van der Waals surface area contributed by atoms with Crippen molar-refractivity contribution in [1.82, 2.24) is 9.29 Å². The fraction of sp³-hybridized carbons (Fsp3) is 0.231. The number of aryl methyl sites for hydroxylation is 1. The smallest absolute Gasteiger partial charge is 0.166 e. The van der Waals surface area contributed by atoms with Crippen LogP contribution < -0.4 is 10.0 Å². The van der Waals surface area contributed by atoms with E-state index >= 15 is 0 Å². The van der Waals surface area contributed by atoms with Gasteiger partial charge in [-0.3, -0.25) is 0 Å². The fourth-order valence-electron chi connectivity index (χ4n) is 4.80. The second-order valence-electron chi connectivity index (χ2n) is 8.94. The van der Waals surface area contributed by atoms with Crippen LogP contribution in [0.5, 0.6) is 0 Å². The van der Waals surface area contributed by atoms with Gasteiger partial charge in [-0.05, 0) is 53.3 Å². The van der Waals surface area contributed by atoms with E-state index in [2.05, 4.69) is 40.4 Å². The van der Waals surface area contributed by atoms with Gasteiger partial charge in [0.1, 0.15) is 9.92 Å². The average molecular weight is 497 g/mol. The SMILES string of the molecule is Cn1cc2c(c1C(O)Nc1ccc(F)c(F)c1)CC[C@H](Cc1ccc3ccccc3c1)NS2(=N)=O. The summed E-state index contributed by atoms with van der Waals surface area (Å²) in [5, 5.41) is 15.9. The van der Waals surface area contributed by atoms with Crippen molar-refractivity contribution in [3.63, 3.8) is 0 Å². The van der Waals surface area contributed by atoms with Gasteiger partial charge in [-0.1, -0.05) is 42.5 Å². The molecule has 2 heterocycles. The summed E-state index contributed by atoms with van der Waals surface area (Å²) in [6, 6.07) is 17.4. The summed E-state index contributed by atoms with van der Waals surface area (Å²) in [4.78, 5) is 0.335. The molecular weight excluding hydrogens is 470 g/mol. The Morgan fingerprint density at radius 2 is 1.91 bits per heavy atom.